The van der Waals surface area contributed by atoms with Crippen LogP contribution in [0.2, 0.25) is 0 Å². The van der Waals surface area contributed by atoms with Gasteiger partial charge in [-0.05, 0) is 41.2 Å². The van der Waals surface area contributed by atoms with E-state index in [1.807, 2.05) is 46.4 Å². The Morgan fingerprint density at radius 2 is 1.78 bits per heavy atom. The van der Waals surface area contributed by atoms with Crippen LogP contribution in [0.1, 0.15) is 48.0 Å². The Labute approximate surface area is 110 Å². The molecule has 2 unspecified atom stereocenters. The zero-order valence-corrected chi connectivity index (χ0v) is 12.3. The van der Waals surface area contributed by atoms with Crippen LogP contribution in [0.4, 0.5) is 0 Å². The van der Waals surface area contributed by atoms with Gasteiger partial charge in [0.1, 0.15) is 0 Å². The predicted octanol–water partition coefficient (Wildman–Crippen LogP) is 1.47. The van der Waals surface area contributed by atoms with Crippen LogP contribution in [0.3, 0.4) is 0 Å². The minimum absolute atomic E-state index is 0.0426. The molecular formula is C13H26N2O3. The summed E-state index contributed by atoms with van der Waals surface area (Å²) in [7, 11) is 0. The van der Waals surface area contributed by atoms with Gasteiger partial charge in [-0.3, -0.25) is 14.5 Å². The minimum atomic E-state index is -0.843. The van der Waals surface area contributed by atoms with Gasteiger partial charge in [0.15, 0.2) is 0 Å². The molecule has 0 aromatic heterocycles. The maximum absolute atomic E-state index is 12.0. The van der Waals surface area contributed by atoms with Crippen molar-refractivity contribution in [3.63, 3.8) is 0 Å². The van der Waals surface area contributed by atoms with Crippen LogP contribution < -0.4 is 5.32 Å². The summed E-state index contributed by atoms with van der Waals surface area (Å²) >= 11 is 0. The number of carboxylic acid groups (broad SMARTS) is 1. The molecule has 106 valence electrons. The van der Waals surface area contributed by atoms with Gasteiger partial charge < -0.3 is 10.4 Å². The quantitative estimate of drug-likeness (QED) is 0.757. The highest BCUT2D eigenvalue weighted by molar-refractivity contribution is 5.82. The molecule has 0 spiro atoms. The fourth-order valence-corrected chi connectivity index (χ4v) is 1.96. The number of hydrogen-bond donors (Lipinski definition) is 2. The van der Waals surface area contributed by atoms with Crippen molar-refractivity contribution in [2.24, 2.45) is 0 Å². The Hall–Kier alpha value is -1.10. The average Bonchev–Trinajstić information content (AvgIpc) is 2.14. The third-order valence-corrected chi connectivity index (χ3v) is 2.78. The second kappa shape index (κ2) is 6.73. The van der Waals surface area contributed by atoms with Crippen LogP contribution >= 0.6 is 0 Å². The van der Waals surface area contributed by atoms with Crippen molar-refractivity contribution in [1.82, 2.24) is 10.2 Å². The number of likely N-dealkylation sites (N-methyl/N-ethyl adjacent to an activating group) is 1. The van der Waals surface area contributed by atoms with E-state index in [9.17, 15) is 9.59 Å². The molecule has 2 atom stereocenters. The summed E-state index contributed by atoms with van der Waals surface area (Å²) in [4.78, 5) is 24.7. The lowest BCUT2D eigenvalue weighted by Crippen LogP contribution is -2.53. The summed E-state index contributed by atoms with van der Waals surface area (Å²) in [5, 5.41) is 11.7. The summed E-state index contributed by atoms with van der Waals surface area (Å²) in [5.74, 6) is -0.911. The fourth-order valence-electron chi connectivity index (χ4n) is 1.96. The molecule has 0 radical (unpaired) electrons. The van der Waals surface area contributed by atoms with Crippen LogP contribution in [-0.4, -0.2) is 46.1 Å². The van der Waals surface area contributed by atoms with Gasteiger partial charge >= 0.3 is 5.97 Å². The van der Waals surface area contributed by atoms with Crippen molar-refractivity contribution in [3.05, 3.63) is 0 Å². The molecule has 18 heavy (non-hydrogen) atoms. The van der Waals surface area contributed by atoms with Gasteiger partial charge in [-0.25, -0.2) is 0 Å². The van der Waals surface area contributed by atoms with E-state index in [0.717, 1.165) is 0 Å². The van der Waals surface area contributed by atoms with Gasteiger partial charge in [0.2, 0.25) is 5.91 Å². The number of amides is 1. The van der Waals surface area contributed by atoms with Gasteiger partial charge in [0, 0.05) is 11.6 Å². The Morgan fingerprint density at radius 3 is 2.11 bits per heavy atom. The summed E-state index contributed by atoms with van der Waals surface area (Å²) in [6, 6.07) is -0.489. The van der Waals surface area contributed by atoms with Crippen molar-refractivity contribution >= 4 is 11.9 Å². The first-order chi connectivity index (χ1) is 8.08. The maximum Gasteiger partial charge on any atom is 0.304 e. The maximum atomic E-state index is 12.0. The monoisotopic (exact) mass is 258 g/mol. The first-order valence-corrected chi connectivity index (χ1v) is 6.38. The highest BCUT2D eigenvalue weighted by Gasteiger charge is 2.27. The molecule has 0 aromatic carbocycles. The zero-order chi connectivity index (χ0) is 14.5. The third-order valence-electron chi connectivity index (χ3n) is 2.78. The van der Waals surface area contributed by atoms with Crippen LogP contribution in [0, 0.1) is 0 Å². The molecule has 0 saturated carbocycles. The number of aliphatic carboxylic acids is 1. The lowest BCUT2D eigenvalue weighted by Gasteiger charge is -2.34. The molecule has 0 aliphatic heterocycles. The third kappa shape index (κ3) is 6.00. The van der Waals surface area contributed by atoms with Gasteiger partial charge in [-0.1, -0.05) is 6.92 Å². The van der Waals surface area contributed by atoms with Gasteiger partial charge in [-0.2, -0.15) is 0 Å². The standard InChI is InChI=1S/C13H26N2O3/c1-7-15(9(2)8-11(16)17)10(3)12(18)14-13(4,5)6/h9-10H,7-8H2,1-6H3,(H,14,18)(H,16,17). The van der Waals surface area contributed by atoms with E-state index in [-0.39, 0.29) is 30.0 Å². The highest BCUT2D eigenvalue weighted by atomic mass is 16.4. The zero-order valence-electron chi connectivity index (χ0n) is 12.3. The Bertz CT molecular complexity index is 297. The molecule has 0 saturated heterocycles. The summed E-state index contributed by atoms with van der Waals surface area (Å²) < 4.78 is 0. The van der Waals surface area contributed by atoms with E-state index in [4.69, 9.17) is 5.11 Å². The van der Waals surface area contributed by atoms with Gasteiger partial charge in [0.25, 0.3) is 0 Å². The average molecular weight is 258 g/mol. The molecule has 5 heteroatoms. The minimum Gasteiger partial charge on any atom is -0.481 e. The largest absolute Gasteiger partial charge is 0.481 e. The first kappa shape index (κ1) is 16.9. The molecule has 2 N–H and O–H groups in total. The molecule has 0 rings (SSSR count). The topological polar surface area (TPSA) is 69.6 Å². The number of carbonyl (C=O) groups excluding carboxylic acids is 1. The molecule has 0 heterocycles. The number of carboxylic acids is 1. The lowest BCUT2D eigenvalue weighted by molar-refractivity contribution is -0.139. The van der Waals surface area contributed by atoms with Crippen molar-refractivity contribution in [2.75, 3.05) is 6.54 Å². The van der Waals surface area contributed by atoms with Crippen LogP contribution in [0.25, 0.3) is 0 Å². The van der Waals surface area contributed by atoms with Gasteiger partial charge in [-0.15, -0.1) is 0 Å². The SMILES string of the molecule is CCN(C(C)CC(=O)O)C(C)C(=O)NC(C)(C)C. The molecule has 0 fully saturated rings. The van der Waals surface area contributed by atoms with E-state index >= 15 is 0 Å². The van der Waals surface area contributed by atoms with Crippen molar-refractivity contribution < 1.29 is 14.7 Å². The lowest BCUT2D eigenvalue weighted by atomic mass is 10.1. The van der Waals surface area contributed by atoms with E-state index in [0.29, 0.717) is 6.54 Å². The molecule has 5 nitrogen and oxygen atoms in total. The summed E-state index contributed by atoms with van der Waals surface area (Å²) in [6.07, 6.45) is 0.0426. The Balaban J connectivity index is 4.64. The van der Waals surface area contributed by atoms with E-state index < -0.39 is 5.97 Å². The summed E-state index contributed by atoms with van der Waals surface area (Å²) in [5.41, 5.74) is -0.277. The summed E-state index contributed by atoms with van der Waals surface area (Å²) in [6.45, 7) is 12.0. The number of nitrogens with zero attached hydrogens (tertiary/aromatic N) is 1. The highest BCUT2D eigenvalue weighted by Crippen LogP contribution is 2.10. The van der Waals surface area contributed by atoms with E-state index in [1.54, 1.807) is 0 Å². The molecule has 0 aliphatic carbocycles. The van der Waals surface area contributed by atoms with Crippen LogP contribution in [0.15, 0.2) is 0 Å². The second-order valence-electron chi connectivity index (χ2n) is 5.69. The molecule has 0 aliphatic rings. The smallest absolute Gasteiger partial charge is 0.304 e. The molecule has 1 amide bonds. The fraction of sp³-hybridized carbons (Fsp3) is 0.846. The second-order valence-corrected chi connectivity index (χ2v) is 5.69. The van der Waals surface area contributed by atoms with E-state index in [1.165, 1.54) is 0 Å². The number of carbonyl (C=O) groups is 2. The van der Waals surface area contributed by atoms with Crippen molar-refractivity contribution in [1.29, 1.82) is 0 Å². The van der Waals surface area contributed by atoms with Crippen LogP contribution in [-0.2, 0) is 9.59 Å². The Morgan fingerprint density at radius 1 is 1.28 bits per heavy atom. The van der Waals surface area contributed by atoms with Crippen LogP contribution in [0.5, 0.6) is 0 Å². The molecular weight excluding hydrogens is 232 g/mol. The number of hydrogen-bond acceptors (Lipinski definition) is 3. The molecule has 0 bridgehead atoms. The first-order valence-electron chi connectivity index (χ1n) is 6.38. The van der Waals surface area contributed by atoms with Crippen molar-refractivity contribution in [2.45, 2.75) is 65.6 Å². The Kier molecular flexibility index (Phi) is 6.32. The number of rotatable bonds is 6. The predicted molar refractivity (Wildman–Crippen MR) is 71.5 cm³/mol. The van der Waals surface area contributed by atoms with Crippen molar-refractivity contribution in [3.8, 4) is 0 Å². The number of nitrogens with one attached hydrogen (secondary N) is 1. The normalized spacial score (nSPS) is 15.3. The van der Waals surface area contributed by atoms with Gasteiger partial charge in [0.05, 0.1) is 12.5 Å². The van der Waals surface area contributed by atoms with E-state index in [2.05, 4.69) is 5.32 Å². The molecule has 0 aromatic rings.